The van der Waals surface area contributed by atoms with Gasteiger partial charge in [0.05, 0.1) is 19.8 Å². The van der Waals surface area contributed by atoms with E-state index in [0.29, 0.717) is 18.7 Å². The highest BCUT2D eigenvalue weighted by Crippen LogP contribution is 2.24. The van der Waals surface area contributed by atoms with Gasteiger partial charge in [0.2, 0.25) is 0 Å². The van der Waals surface area contributed by atoms with Crippen LogP contribution in [-0.4, -0.2) is 25.9 Å². The molecule has 1 atom stereocenters. The summed E-state index contributed by atoms with van der Waals surface area (Å²) < 4.78 is 23.5. The lowest BCUT2D eigenvalue weighted by Gasteiger charge is -2.24. The van der Waals surface area contributed by atoms with Gasteiger partial charge in [-0.3, -0.25) is 0 Å². The molecular formula is C18H22FNO3. The van der Waals surface area contributed by atoms with E-state index in [1.165, 1.54) is 12.1 Å². The summed E-state index contributed by atoms with van der Waals surface area (Å²) in [5.41, 5.74) is 0.491. The van der Waals surface area contributed by atoms with Crippen molar-refractivity contribution in [3.63, 3.8) is 0 Å². The van der Waals surface area contributed by atoms with E-state index in [9.17, 15) is 9.50 Å². The minimum Gasteiger partial charge on any atom is -0.497 e. The van der Waals surface area contributed by atoms with Crippen molar-refractivity contribution in [2.75, 3.05) is 20.8 Å². The van der Waals surface area contributed by atoms with Crippen molar-refractivity contribution in [2.24, 2.45) is 0 Å². The van der Waals surface area contributed by atoms with Crippen LogP contribution in [0.25, 0.3) is 0 Å². The molecule has 0 amide bonds. The fourth-order valence-electron chi connectivity index (χ4n) is 2.37. The number of aliphatic hydroxyl groups is 1. The predicted octanol–water partition coefficient (Wildman–Crippen LogP) is 2.84. The topological polar surface area (TPSA) is 50.7 Å². The molecule has 2 aromatic rings. The summed E-state index contributed by atoms with van der Waals surface area (Å²) in [6.45, 7) is 2.52. The number of hydrogen-bond acceptors (Lipinski definition) is 4. The molecule has 0 aliphatic heterocycles. The lowest BCUT2D eigenvalue weighted by atomic mass is 9.96. The lowest BCUT2D eigenvalue weighted by molar-refractivity contribution is 0.0565. The molecule has 0 radical (unpaired) electrons. The normalized spacial score (nSPS) is 13.4. The van der Waals surface area contributed by atoms with Gasteiger partial charge in [0.1, 0.15) is 17.3 Å². The summed E-state index contributed by atoms with van der Waals surface area (Å²) in [7, 11) is 3.22. The summed E-state index contributed by atoms with van der Waals surface area (Å²) in [5, 5.41) is 13.7. The summed E-state index contributed by atoms with van der Waals surface area (Å²) >= 11 is 0. The van der Waals surface area contributed by atoms with Crippen LogP contribution in [0.15, 0.2) is 42.5 Å². The number of halogens is 1. The van der Waals surface area contributed by atoms with Crippen molar-refractivity contribution in [2.45, 2.75) is 19.1 Å². The Bertz CT molecular complexity index is 641. The van der Waals surface area contributed by atoms with Crippen LogP contribution in [0.2, 0.25) is 0 Å². The maximum absolute atomic E-state index is 13.0. The minimum absolute atomic E-state index is 0.318. The third-order valence-electron chi connectivity index (χ3n) is 3.74. The van der Waals surface area contributed by atoms with Gasteiger partial charge in [0.15, 0.2) is 0 Å². The maximum Gasteiger partial charge on any atom is 0.123 e. The number of hydrogen-bond donors (Lipinski definition) is 2. The Kier molecular flexibility index (Phi) is 5.58. The number of benzene rings is 2. The Balaban J connectivity index is 2.02. The van der Waals surface area contributed by atoms with Gasteiger partial charge in [-0.05, 0) is 42.8 Å². The van der Waals surface area contributed by atoms with Crippen LogP contribution in [-0.2, 0) is 12.1 Å². The zero-order valence-corrected chi connectivity index (χ0v) is 13.6. The molecule has 124 valence electrons. The van der Waals surface area contributed by atoms with Crippen molar-refractivity contribution in [1.82, 2.24) is 5.32 Å². The molecule has 23 heavy (non-hydrogen) atoms. The van der Waals surface area contributed by atoms with Crippen molar-refractivity contribution < 1.29 is 19.0 Å². The van der Waals surface area contributed by atoms with E-state index < -0.39 is 5.60 Å². The lowest BCUT2D eigenvalue weighted by Crippen LogP contribution is -2.35. The highest BCUT2D eigenvalue weighted by atomic mass is 19.1. The van der Waals surface area contributed by atoms with E-state index in [1.807, 2.05) is 18.2 Å². The highest BCUT2D eigenvalue weighted by Gasteiger charge is 2.22. The summed E-state index contributed by atoms with van der Waals surface area (Å²) in [6, 6.07) is 11.4. The van der Waals surface area contributed by atoms with Gasteiger partial charge in [-0.2, -0.15) is 0 Å². The van der Waals surface area contributed by atoms with Crippen molar-refractivity contribution in [1.29, 1.82) is 0 Å². The summed E-state index contributed by atoms with van der Waals surface area (Å²) in [6.07, 6.45) is 0. The molecule has 0 fully saturated rings. The van der Waals surface area contributed by atoms with E-state index in [1.54, 1.807) is 33.3 Å². The zero-order valence-electron chi connectivity index (χ0n) is 13.6. The zero-order chi connectivity index (χ0) is 16.9. The fraction of sp³-hybridized carbons (Fsp3) is 0.333. The standard InChI is InChI=1S/C18H22FNO3/c1-18(21,14-4-6-15(19)7-5-14)12-20-11-13-10-16(22-2)8-9-17(13)23-3/h4-10,20-21H,11-12H2,1-3H3. The van der Waals surface area contributed by atoms with Gasteiger partial charge >= 0.3 is 0 Å². The van der Waals surface area contributed by atoms with Gasteiger partial charge in [-0.25, -0.2) is 4.39 Å². The van der Waals surface area contributed by atoms with Crippen LogP contribution in [0.1, 0.15) is 18.1 Å². The third kappa shape index (κ3) is 4.43. The molecule has 2 N–H and O–H groups in total. The number of methoxy groups -OCH3 is 2. The first-order valence-electron chi connectivity index (χ1n) is 7.36. The van der Waals surface area contributed by atoms with Crippen molar-refractivity contribution >= 4 is 0 Å². The van der Waals surface area contributed by atoms with Crippen LogP contribution >= 0.6 is 0 Å². The first-order valence-corrected chi connectivity index (χ1v) is 7.36. The average Bonchev–Trinajstić information content (AvgIpc) is 2.55. The summed E-state index contributed by atoms with van der Waals surface area (Å²) in [5.74, 6) is 1.17. The second-order valence-electron chi connectivity index (χ2n) is 5.56. The molecule has 5 heteroatoms. The molecule has 2 rings (SSSR count). The molecule has 0 bridgehead atoms. The van der Waals surface area contributed by atoms with Gasteiger partial charge < -0.3 is 19.9 Å². The first kappa shape index (κ1) is 17.2. The van der Waals surface area contributed by atoms with Crippen LogP contribution in [0.5, 0.6) is 11.5 Å². The number of nitrogens with one attached hydrogen (secondary N) is 1. The molecule has 4 nitrogen and oxygen atoms in total. The Labute approximate surface area is 135 Å². The van der Waals surface area contributed by atoms with Crippen LogP contribution in [0, 0.1) is 5.82 Å². The van der Waals surface area contributed by atoms with E-state index in [0.717, 1.165) is 17.1 Å². The van der Waals surface area contributed by atoms with Gasteiger partial charge in [0.25, 0.3) is 0 Å². The Morgan fingerprint density at radius 3 is 2.39 bits per heavy atom. The molecule has 0 spiro atoms. The molecular weight excluding hydrogens is 297 g/mol. The highest BCUT2D eigenvalue weighted by molar-refractivity contribution is 5.40. The quantitative estimate of drug-likeness (QED) is 0.824. The van der Waals surface area contributed by atoms with E-state index in [4.69, 9.17) is 9.47 Å². The Morgan fingerprint density at radius 2 is 1.78 bits per heavy atom. The molecule has 2 aromatic carbocycles. The van der Waals surface area contributed by atoms with Crippen LogP contribution < -0.4 is 14.8 Å². The van der Waals surface area contributed by atoms with Gasteiger partial charge in [0, 0.05) is 18.7 Å². The third-order valence-corrected chi connectivity index (χ3v) is 3.74. The molecule has 0 aliphatic rings. The molecule has 1 unspecified atom stereocenters. The predicted molar refractivity (Wildman–Crippen MR) is 87.2 cm³/mol. The van der Waals surface area contributed by atoms with E-state index >= 15 is 0 Å². The smallest absolute Gasteiger partial charge is 0.123 e. The van der Waals surface area contributed by atoms with Crippen molar-refractivity contribution in [3.05, 3.63) is 59.4 Å². The van der Waals surface area contributed by atoms with Gasteiger partial charge in [-0.15, -0.1) is 0 Å². The molecule has 0 saturated heterocycles. The minimum atomic E-state index is -1.10. The summed E-state index contributed by atoms with van der Waals surface area (Å²) in [4.78, 5) is 0. The second kappa shape index (κ2) is 7.44. The average molecular weight is 319 g/mol. The largest absolute Gasteiger partial charge is 0.497 e. The van der Waals surface area contributed by atoms with Gasteiger partial charge in [-0.1, -0.05) is 12.1 Å². The molecule has 0 aromatic heterocycles. The number of rotatable bonds is 7. The van der Waals surface area contributed by atoms with Crippen LogP contribution in [0.3, 0.4) is 0 Å². The number of ether oxygens (including phenoxy) is 2. The molecule has 0 heterocycles. The monoisotopic (exact) mass is 319 g/mol. The van der Waals surface area contributed by atoms with Crippen LogP contribution in [0.4, 0.5) is 4.39 Å². The van der Waals surface area contributed by atoms with Crippen molar-refractivity contribution in [3.8, 4) is 11.5 Å². The molecule has 0 aliphatic carbocycles. The Morgan fingerprint density at radius 1 is 1.09 bits per heavy atom. The Hall–Kier alpha value is -2.11. The maximum atomic E-state index is 13.0. The molecule has 0 saturated carbocycles. The fourth-order valence-corrected chi connectivity index (χ4v) is 2.37. The SMILES string of the molecule is COc1ccc(OC)c(CNCC(C)(O)c2ccc(F)cc2)c1. The van der Waals surface area contributed by atoms with E-state index in [-0.39, 0.29) is 5.82 Å². The van der Waals surface area contributed by atoms with E-state index in [2.05, 4.69) is 5.32 Å². The second-order valence-corrected chi connectivity index (χ2v) is 5.56. The first-order chi connectivity index (χ1) is 11.0.